The Kier molecular flexibility index (Phi) is 10.1. The van der Waals surface area contributed by atoms with E-state index in [1.165, 1.54) is 6.07 Å². The smallest absolute Gasteiger partial charge is 0.408 e. The molecule has 0 aromatic heterocycles. The standard InChI is InChI=1S/C28H35ClN4O5/c1-16(2)21(32-27(37)38-28(5,6)7)26(36)33(15-14-30)23(19-12-8-11-18(4)24(19)34)25(35)31-22-17(3)10-9-13-20(22)29/h8-13,16,21,23,34H,15H2,1-7H3,(H,31,35)(H,32,37). The van der Waals surface area contributed by atoms with Gasteiger partial charge in [0.05, 0.1) is 16.8 Å². The van der Waals surface area contributed by atoms with Gasteiger partial charge in [-0.25, -0.2) is 4.79 Å². The highest BCUT2D eigenvalue weighted by Crippen LogP contribution is 2.34. The topological polar surface area (TPSA) is 132 Å². The van der Waals surface area contributed by atoms with Gasteiger partial charge < -0.3 is 25.4 Å². The van der Waals surface area contributed by atoms with E-state index in [0.717, 1.165) is 4.90 Å². The molecule has 2 unspecified atom stereocenters. The Bertz CT molecular complexity index is 1210. The number of nitrogens with zero attached hydrogens (tertiary/aromatic N) is 2. The lowest BCUT2D eigenvalue weighted by Crippen LogP contribution is -2.54. The molecule has 0 heterocycles. The molecule has 0 bridgehead atoms. The second kappa shape index (κ2) is 12.7. The molecule has 0 radical (unpaired) electrons. The second-order valence-corrected chi connectivity index (χ2v) is 10.7. The number of halogens is 1. The Morgan fingerprint density at radius 2 is 1.71 bits per heavy atom. The fourth-order valence-electron chi connectivity index (χ4n) is 3.83. The van der Waals surface area contributed by atoms with Gasteiger partial charge in [-0.2, -0.15) is 5.26 Å². The minimum atomic E-state index is -1.42. The molecule has 9 nitrogen and oxygen atoms in total. The number of phenols is 1. The molecule has 2 aromatic carbocycles. The molecule has 0 spiro atoms. The number of nitrogens with one attached hydrogen (secondary N) is 2. The van der Waals surface area contributed by atoms with Gasteiger partial charge in [-0.3, -0.25) is 9.59 Å². The summed E-state index contributed by atoms with van der Waals surface area (Å²) < 4.78 is 5.32. The molecule has 0 saturated heterocycles. The van der Waals surface area contributed by atoms with Crippen LogP contribution in [0.1, 0.15) is 57.4 Å². The van der Waals surface area contributed by atoms with E-state index in [9.17, 15) is 24.8 Å². The van der Waals surface area contributed by atoms with Crippen molar-refractivity contribution in [3.63, 3.8) is 0 Å². The van der Waals surface area contributed by atoms with Gasteiger partial charge in [-0.05, 0) is 57.7 Å². The molecule has 0 saturated carbocycles. The molecule has 2 atom stereocenters. The van der Waals surface area contributed by atoms with E-state index in [1.54, 1.807) is 78.8 Å². The van der Waals surface area contributed by atoms with Crippen LogP contribution in [-0.2, 0) is 14.3 Å². The lowest BCUT2D eigenvalue weighted by Gasteiger charge is -2.34. The number of benzene rings is 2. The largest absolute Gasteiger partial charge is 0.507 e. The summed E-state index contributed by atoms with van der Waals surface area (Å²) in [5.41, 5.74) is 0.820. The average molecular weight is 543 g/mol. The van der Waals surface area contributed by atoms with Crippen molar-refractivity contribution < 1.29 is 24.2 Å². The number of hydrogen-bond donors (Lipinski definition) is 3. The van der Waals surface area contributed by atoms with Crippen LogP contribution in [0.15, 0.2) is 36.4 Å². The molecule has 38 heavy (non-hydrogen) atoms. The number of nitriles is 1. The number of aryl methyl sites for hydroxylation is 2. The molecule has 2 aromatic rings. The Labute approximate surface area is 228 Å². The van der Waals surface area contributed by atoms with Crippen molar-refractivity contribution in [1.82, 2.24) is 10.2 Å². The van der Waals surface area contributed by atoms with Gasteiger partial charge in [0, 0.05) is 5.56 Å². The fourth-order valence-corrected chi connectivity index (χ4v) is 4.10. The SMILES string of the molecule is Cc1cccc(C(C(=O)Nc2c(C)cccc2Cl)N(CC#N)C(=O)C(NC(=O)OC(C)(C)C)C(C)C)c1O. The lowest BCUT2D eigenvalue weighted by atomic mass is 9.97. The van der Waals surface area contributed by atoms with Crippen LogP contribution in [0.3, 0.4) is 0 Å². The van der Waals surface area contributed by atoms with Gasteiger partial charge in [0.1, 0.15) is 30.0 Å². The third-order valence-corrected chi connectivity index (χ3v) is 6.04. The molecule has 2 rings (SSSR count). The lowest BCUT2D eigenvalue weighted by molar-refractivity contribution is -0.141. The number of hydrogen-bond acceptors (Lipinski definition) is 6. The van der Waals surface area contributed by atoms with Crippen molar-refractivity contribution in [2.75, 3.05) is 11.9 Å². The van der Waals surface area contributed by atoms with Gasteiger partial charge in [-0.15, -0.1) is 0 Å². The van der Waals surface area contributed by atoms with Crippen molar-refractivity contribution in [2.45, 2.75) is 66.2 Å². The third kappa shape index (κ3) is 7.62. The van der Waals surface area contributed by atoms with Crippen LogP contribution in [0.2, 0.25) is 5.02 Å². The molecule has 0 fully saturated rings. The predicted molar refractivity (Wildman–Crippen MR) is 146 cm³/mol. The van der Waals surface area contributed by atoms with Crippen LogP contribution >= 0.6 is 11.6 Å². The summed E-state index contributed by atoms with van der Waals surface area (Å²) in [4.78, 5) is 41.3. The number of carbonyl (C=O) groups is 3. The number of phenolic OH excluding ortho intramolecular Hbond substituents is 1. The van der Waals surface area contributed by atoms with Gasteiger partial charge in [-0.1, -0.05) is 55.8 Å². The monoisotopic (exact) mass is 542 g/mol. The summed E-state index contributed by atoms with van der Waals surface area (Å²) in [5.74, 6) is -1.99. The van der Waals surface area contributed by atoms with E-state index in [2.05, 4.69) is 10.6 Å². The first kappa shape index (κ1) is 30.5. The number of anilines is 1. The molecular weight excluding hydrogens is 508 g/mol. The molecule has 3 amide bonds. The van der Waals surface area contributed by atoms with Gasteiger partial charge >= 0.3 is 6.09 Å². The Morgan fingerprint density at radius 3 is 2.26 bits per heavy atom. The molecule has 0 aliphatic carbocycles. The summed E-state index contributed by atoms with van der Waals surface area (Å²) in [6.07, 6.45) is -0.812. The van der Waals surface area contributed by atoms with E-state index >= 15 is 0 Å². The third-order valence-electron chi connectivity index (χ3n) is 5.72. The maximum Gasteiger partial charge on any atom is 0.408 e. The predicted octanol–water partition coefficient (Wildman–Crippen LogP) is 5.24. The summed E-state index contributed by atoms with van der Waals surface area (Å²) in [6, 6.07) is 9.31. The summed E-state index contributed by atoms with van der Waals surface area (Å²) in [5, 5.41) is 26.2. The molecule has 0 aliphatic rings. The van der Waals surface area contributed by atoms with Crippen molar-refractivity contribution in [3.8, 4) is 11.8 Å². The quantitative estimate of drug-likeness (QED) is 0.391. The average Bonchev–Trinajstić information content (AvgIpc) is 2.80. The number of amides is 3. The zero-order chi connectivity index (χ0) is 28.8. The first-order chi connectivity index (χ1) is 17.7. The first-order valence-electron chi connectivity index (χ1n) is 12.2. The molecule has 0 aliphatic heterocycles. The summed E-state index contributed by atoms with van der Waals surface area (Å²) in [6.45, 7) is 11.4. The van der Waals surface area contributed by atoms with Crippen molar-refractivity contribution >= 4 is 35.2 Å². The van der Waals surface area contributed by atoms with Gasteiger partial charge in [0.15, 0.2) is 0 Å². The van der Waals surface area contributed by atoms with E-state index in [0.29, 0.717) is 16.8 Å². The minimum Gasteiger partial charge on any atom is -0.507 e. The summed E-state index contributed by atoms with van der Waals surface area (Å²) >= 11 is 6.33. The van der Waals surface area contributed by atoms with Crippen LogP contribution in [0.5, 0.6) is 5.75 Å². The Hall–Kier alpha value is -3.77. The molecular formula is C28H35ClN4O5. The van der Waals surface area contributed by atoms with E-state index in [1.807, 2.05) is 6.07 Å². The number of rotatable bonds is 8. The van der Waals surface area contributed by atoms with Crippen molar-refractivity contribution in [2.24, 2.45) is 5.92 Å². The van der Waals surface area contributed by atoms with Crippen molar-refractivity contribution in [3.05, 3.63) is 58.1 Å². The van der Waals surface area contributed by atoms with E-state index < -0.39 is 48.1 Å². The first-order valence-corrected chi connectivity index (χ1v) is 12.6. The van der Waals surface area contributed by atoms with Gasteiger partial charge in [0.25, 0.3) is 5.91 Å². The fraction of sp³-hybridized carbons (Fsp3) is 0.429. The van der Waals surface area contributed by atoms with Crippen LogP contribution in [0.25, 0.3) is 0 Å². The normalized spacial score (nSPS) is 12.7. The molecule has 3 N–H and O–H groups in total. The van der Waals surface area contributed by atoms with Crippen molar-refractivity contribution in [1.29, 1.82) is 5.26 Å². The van der Waals surface area contributed by atoms with Crippen LogP contribution in [0.4, 0.5) is 10.5 Å². The molecule has 204 valence electrons. The zero-order valence-electron chi connectivity index (χ0n) is 22.8. The van der Waals surface area contributed by atoms with Crippen LogP contribution in [0, 0.1) is 31.1 Å². The summed E-state index contributed by atoms with van der Waals surface area (Å²) in [7, 11) is 0. The highest BCUT2D eigenvalue weighted by Gasteiger charge is 2.39. The highest BCUT2D eigenvalue weighted by atomic mass is 35.5. The Morgan fingerprint density at radius 1 is 1.11 bits per heavy atom. The van der Waals surface area contributed by atoms with E-state index in [-0.39, 0.29) is 16.3 Å². The maximum absolute atomic E-state index is 13.9. The van der Waals surface area contributed by atoms with Crippen LogP contribution in [-0.4, -0.2) is 46.1 Å². The highest BCUT2D eigenvalue weighted by molar-refractivity contribution is 6.34. The molecule has 10 heteroatoms. The maximum atomic E-state index is 13.9. The van der Waals surface area contributed by atoms with Gasteiger partial charge in [0.2, 0.25) is 5.91 Å². The van der Waals surface area contributed by atoms with Crippen LogP contribution < -0.4 is 10.6 Å². The van der Waals surface area contributed by atoms with E-state index in [4.69, 9.17) is 16.3 Å². The number of aromatic hydroxyl groups is 1. The number of carbonyl (C=O) groups excluding carboxylic acids is 3. The second-order valence-electron chi connectivity index (χ2n) is 10.3. The number of para-hydroxylation sites is 2. The Balaban J connectivity index is 2.61. The number of ether oxygens (including phenoxy) is 1. The minimum absolute atomic E-state index is 0.121. The zero-order valence-corrected chi connectivity index (χ0v) is 23.5. The number of alkyl carbamates (subject to hydrolysis) is 1.